The molecule has 3 aromatic heterocycles. The van der Waals surface area contributed by atoms with Crippen LogP contribution in [0.3, 0.4) is 0 Å². The van der Waals surface area contributed by atoms with Crippen LogP contribution < -0.4 is 5.43 Å². The maximum absolute atomic E-state index is 9.46. The molecule has 2 N–H and O–H groups in total. The van der Waals surface area contributed by atoms with Gasteiger partial charge in [0.15, 0.2) is 29.1 Å². The zero-order valence-electron chi connectivity index (χ0n) is 36.1. The number of amidine groups is 2. The van der Waals surface area contributed by atoms with Gasteiger partial charge in [-0.2, -0.15) is 0 Å². The lowest BCUT2D eigenvalue weighted by molar-refractivity contribution is 1.07. The van der Waals surface area contributed by atoms with Gasteiger partial charge in [-0.05, 0) is 47.5 Å². The first-order valence-corrected chi connectivity index (χ1v) is 22.2. The van der Waals surface area contributed by atoms with Crippen molar-refractivity contribution in [1.82, 2.24) is 24.2 Å². The van der Waals surface area contributed by atoms with E-state index in [0.29, 0.717) is 23.3 Å². The highest BCUT2D eigenvalue weighted by Crippen LogP contribution is 2.39. The third kappa shape index (κ3) is 7.19. The SMILES string of the molecule is N=C(/N=C(\Nn1c2ccccc2c2cc3c(cc21)c1ccccc1n3-c1cccc(-c2nc(-c3ccccc3)nc(-c3ccccc3)n2)c1)c1ccccc1)c1ccccc1-c1ccccc1. The first kappa shape index (κ1) is 39.3. The Hall–Kier alpha value is -9.27. The summed E-state index contributed by atoms with van der Waals surface area (Å²) in [4.78, 5) is 20.1. The summed E-state index contributed by atoms with van der Waals surface area (Å²) in [6.45, 7) is 0. The Bertz CT molecular complexity index is 3780. The highest BCUT2D eigenvalue weighted by molar-refractivity contribution is 6.20. The Morgan fingerprint density at radius 3 is 1.57 bits per heavy atom. The van der Waals surface area contributed by atoms with E-state index in [2.05, 4.69) is 112 Å². The first-order chi connectivity index (χ1) is 33.1. The summed E-state index contributed by atoms with van der Waals surface area (Å²) in [5.74, 6) is 2.55. The molecule has 0 saturated carbocycles. The zero-order valence-corrected chi connectivity index (χ0v) is 36.1. The molecule has 9 aromatic carbocycles. The van der Waals surface area contributed by atoms with Crippen molar-refractivity contribution in [2.45, 2.75) is 0 Å². The molecule has 0 saturated heterocycles. The van der Waals surface area contributed by atoms with E-state index in [0.717, 1.165) is 88.2 Å². The number of nitrogens with one attached hydrogen (secondary N) is 2. The summed E-state index contributed by atoms with van der Waals surface area (Å²) in [6.07, 6.45) is 0. The number of rotatable bonds is 8. The number of hydrogen-bond acceptors (Lipinski definition) is 4. The molecular weight excluding hydrogens is 821 g/mol. The predicted octanol–water partition coefficient (Wildman–Crippen LogP) is 13.8. The van der Waals surface area contributed by atoms with Crippen LogP contribution in [-0.2, 0) is 0 Å². The second-order valence-electron chi connectivity index (χ2n) is 16.4. The minimum atomic E-state index is 0.156. The molecule has 0 aliphatic heterocycles. The van der Waals surface area contributed by atoms with E-state index < -0.39 is 0 Å². The van der Waals surface area contributed by atoms with Crippen molar-refractivity contribution in [3.63, 3.8) is 0 Å². The van der Waals surface area contributed by atoms with Crippen LogP contribution in [0.1, 0.15) is 11.1 Å². The van der Waals surface area contributed by atoms with Crippen molar-refractivity contribution in [2.75, 3.05) is 5.43 Å². The summed E-state index contributed by atoms with van der Waals surface area (Å²) in [7, 11) is 0. The molecule has 0 bridgehead atoms. The molecule has 12 rings (SSSR count). The van der Waals surface area contributed by atoms with Gasteiger partial charge >= 0.3 is 0 Å². The van der Waals surface area contributed by atoms with E-state index in [9.17, 15) is 5.41 Å². The summed E-state index contributed by atoms with van der Waals surface area (Å²) in [5.41, 5.74) is 15.1. The molecule has 0 atom stereocenters. The average molecular weight is 861 g/mol. The van der Waals surface area contributed by atoms with Crippen LogP contribution in [0, 0.1) is 5.41 Å². The minimum absolute atomic E-state index is 0.156. The van der Waals surface area contributed by atoms with Gasteiger partial charge in [0.1, 0.15) is 0 Å². The van der Waals surface area contributed by atoms with E-state index in [1.165, 1.54) is 0 Å². The second-order valence-corrected chi connectivity index (χ2v) is 16.4. The van der Waals surface area contributed by atoms with Gasteiger partial charge in [-0.1, -0.05) is 194 Å². The van der Waals surface area contributed by atoms with Crippen molar-refractivity contribution in [2.24, 2.45) is 4.99 Å². The van der Waals surface area contributed by atoms with Gasteiger partial charge in [0, 0.05) is 55.0 Å². The van der Waals surface area contributed by atoms with E-state index >= 15 is 0 Å². The largest absolute Gasteiger partial charge is 0.309 e. The molecular formula is C59H40N8. The Labute approximate surface area is 386 Å². The molecule has 0 spiro atoms. The van der Waals surface area contributed by atoms with E-state index in [-0.39, 0.29) is 5.84 Å². The number of fused-ring (bicyclic) bond motifs is 6. The van der Waals surface area contributed by atoms with E-state index in [1.54, 1.807) is 0 Å². The number of benzene rings is 9. The van der Waals surface area contributed by atoms with Crippen LogP contribution >= 0.6 is 0 Å². The fourth-order valence-electron chi connectivity index (χ4n) is 9.14. The highest BCUT2D eigenvalue weighted by Gasteiger charge is 2.21. The summed E-state index contributed by atoms with van der Waals surface area (Å²) < 4.78 is 4.46. The summed E-state index contributed by atoms with van der Waals surface area (Å²) in [5, 5.41) is 13.8. The molecule has 8 nitrogen and oxygen atoms in total. The minimum Gasteiger partial charge on any atom is -0.309 e. The molecule has 12 aromatic rings. The molecule has 0 aliphatic carbocycles. The van der Waals surface area contributed by atoms with Crippen molar-refractivity contribution in [3.8, 4) is 51.0 Å². The Morgan fingerprint density at radius 1 is 0.403 bits per heavy atom. The van der Waals surface area contributed by atoms with Gasteiger partial charge in [-0.15, -0.1) is 0 Å². The fraction of sp³-hybridized carbons (Fsp3) is 0. The third-order valence-electron chi connectivity index (χ3n) is 12.3. The maximum atomic E-state index is 9.46. The number of aliphatic imine (C=N–C) groups is 1. The van der Waals surface area contributed by atoms with Crippen LogP contribution in [0.15, 0.2) is 236 Å². The van der Waals surface area contributed by atoms with Crippen LogP contribution in [-0.4, -0.2) is 35.9 Å². The van der Waals surface area contributed by atoms with Crippen LogP contribution in [0.5, 0.6) is 0 Å². The standard InChI is InChI=1S/C59H40N8/c60-55(48-33-14-13-30-45(48)39-20-5-1-6-21-39)61-59(42-26-11-4-12-27-42)65-67-52-35-18-16-32-47(52)50-37-53-49(38-54(50)67)46-31-15-17-34-51(46)66(53)44-29-19-28-43(36-44)58-63-56(40-22-7-2-8-23-40)62-57(64-58)41-24-9-3-10-25-41/h1-38H,(H2,60,61,65). The third-order valence-corrected chi connectivity index (χ3v) is 12.3. The Kier molecular flexibility index (Phi) is 9.80. The number of para-hydroxylation sites is 2. The molecule has 0 fully saturated rings. The summed E-state index contributed by atoms with van der Waals surface area (Å²) in [6, 6.07) is 78.4. The molecule has 8 heteroatoms. The van der Waals surface area contributed by atoms with E-state index in [1.807, 2.05) is 133 Å². The number of aromatic nitrogens is 5. The molecule has 0 radical (unpaired) electrons. The fourth-order valence-corrected chi connectivity index (χ4v) is 9.14. The van der Waals surface area contributed by atoms with Crippen molar-refractivity contribution in [1.29, 1.82) is 5.41 Å². The average Bonchev–Trinajstić information content (AvgIpc) is 3.89. The molecule has 0 unspecified atom stereocenters. The molecule has 316 valence electrons. The van der Waals surface area contributed by atoms with Gasteiger partial charge in [-0.25, -0.2) is 19.9 Å². The zero-order chi connectivity index (χ0) is 44.7. The second kappa shape index (κ2) is 16.7. The number of hydrogen-bond donors (Lipinski definition) is 2. The van der Waals surface area contributed by atoms with Crippen LogP contribution in [0.25, 0.3) is 94.6 Å². The predicted molar refractivity (Wildman–Crippen MR) is 275 cm³/mol. The quantitative estimate of drug-likeness (QED) is 0.117. The monoisotopic (exact) mass is 860 g/mol. The van der Waals surface area contributed by atoms with Gasteiger partial charge in [-0.3, -0.25) is 15.5 Å². The first-order valence-electron chi connectivity index (χ1n) is 22.2. The lowest BCUT2D eigenvalue weighted by atomic mass is 9.99. The molecule has 67 heavy (non-hydrogen) atoms. The van der Waals surface area contributed by atoms with Crippen LogP contribution in [0.2, 0.25) is 0 Å². The lowest BCUT2D eigenvalue weighted by Gasteiger charge is -2.15. The topological polar surface area (TPSA) is 96.8 Å². The van der Waals surface area contributed by atoms with E-state index in [4.69, 9.17) is 19.9 Å². The Morgan fingerprint density at radius 2 is 0.896 bits per heavy atom. The van der Waals surface area contributed by atoms with Gasteiger partial charge in [0.2, 0.25) is 0 Å². The summed E-state index contributed by atoms with van der Waals surface area (Å²) >= 11 is 0. The van der Waals surface area contributed by atoms with Gasteiger partial charge in [0.05, 0.1) is 22.1 Å². The number of nitrogens with zero attached hydrogens (tertiary/aromatic N) is 6. The molecule has 0 aliphatic rings. The van der Waals surface area contributed by atoms with Crippen molar-refractivity contribution >= 4 is 55.3 Å². The lowest BCUT2D eigenvalue weighted by Crippen LogP contribution is -2.25. The normalized spacial score (nSPS) is 11.7. The molecule has 3 heterocycles. The smallest absolute Gasteiger partial charge is 0.164 e. The maximum Gasteiger partial charge on any atom is 0.164 e. The molecule has 0 amide bonds. The highest BCUT2D eigenvalue weighted by atomic mass is 15.4. The Balaban J connectivity index is 1.02. The van der Waals surface area contributed by atoms with Gasteiger partial charge in [0.25, 0.3) is 0 Å². The van der Waals surface area contributed by atoms with Gasteiger partial charge < -0.3 is 4.57 Å². The van der Waals surface area contributed by atoms with Crippen molar-refractivity contribution in [3.05, 3.63) is 242 Å². The van der Waals surface area contributed by atoms with Crippen molar-refractivity contribution < 1.29 is 0 Å². The van der Waals surface area contributed by atoms with Crippen LogP contribution in [0.4, 0.5) is 0 Å².